The van der Waals surface area contributed by atoms with Gasteiger partial charge in [-0.1, -0.05) is 11.3 Å². The van der Waals surface area contributed by atoms with Crippen LogP contribution in [0.25, 0.3) is 0 Å². The summed E-state index contributed by atoms with van der Waals surface area (Å²) in [6, 6.07) is 3.41. The summed E-state index contributed by atoms with van der Waals surface area (Å²) in [7, 11) is 2.16. The number of likely N-dealkylation sites (N-methyl/N-ethyl adjacent to an activating group) is 1. The van der Waals surface area contributed by atoms with Gasteiger partial charge in [0.25, 0.3) is 0 Å². The molecule has 0 amide bonds. The summed E-state index contributed by atoms with van der Waals surface area (Å²) in [5.74, 6) is 0. The van der Waals surface area contributed by atoms with Crippen molar-refractivity contribution in [2.75, 3.05) is 39.8 Å². The van der Waals surface area contributed by atoms with Crippen LogP contribution in [-0.2, 0) is 6.54 Å². The molecule has 2 heterocycles. The summed E-state index contributed by atoms with van der Waals surface area (Å²) in [5.41, 5.74) is 0.102. The summed E-state index contributed by atoms with van der Waals surface area (Å²) in [5, 5.41) is 14.3. The van der Waals surface area contributed by atoms with E-state index in [2.05, 4.69) is 36.0 Å². The molecule has 1 fully saturated rings. The zero-order valence-corrected chi connectivity index (χ0v) is 13.8. The summed E-state index contributed by atoms with van der Waals surface area (Å²) in [4.78, 5) is 16.2. The van der Waals surface area contributed by atoms with E-state index >= 15 is 0 Å². The van der Waals surface area contributed by atoms with E-state index < -0.39 is 0 Å². The van der Waals surface area contributed by atoms with Crippen molar-refractivity contribution in [3.05, 3.63) is 27.1 Å². The van der Waals surface area contributed by atoms with Crippen LogP contribution in [0.4, 0.5) is 5.00 Å². The number of nitrogens with zero attached hydrogens (tertiary/aromatic N) is 3. The highest BCUT2D eigenvalue weighted by molar-refractivity contribution is 7.15. The molecule has 2 rings (SSSR count). The van der Waals surface area contributed by atoms with Crippen molar-refractivity contribution in [2.24, 2.45) is 0 Å². The van der Waals surface area contributed by atoms with Crippen molar-refractivity contribution in [3.8, 4) is 0 Å². The molecule has 7 heteroatoms. The van der Waals surface area contributed by atoms with Crippen molar-refractivity contribution < 1.29 is 4.92 Å². The van der Waals surface area contributed by atoms with Gasteiger partial charge in [0.2, 0.25) is 0 Å². The third kappa shape index (κ3) is 4.47. The Morgan fingerprint density at radius 2 is 2.00 bits per heavy atom. The Morgan fingerprint density at radius 3 is 2.57 bits per heavy atom. The lowest BCUT2D eigenvalue weighted by atomic mass is 10.0. The average molecular weight is 312 g/mol. The molecule has 0 atom stereocenters. The molecule has 21 heavy (non-hydrogen) atoms. The largest absolute Gasteiger partial charge is 0.324 e. The molecule has 0 radical (unpaired) electrons. The van der Waals surface area contributed by atoms with Crippen molar-refractivity contribution in [1.29, 1.82) is 0 Å². The molecule has 0 aliphatic carbocycles. The number of nitro groups is 1. The van der Waals surface area contributed by atoms with Crippen LogP contribution in [0.2, 0.25) is 0 Å². The van der Waals surface area contributed by atoms with Crippen LogP contribution in [0.3, 0.4) is 0 Å². The Hall–Kier alpha value is -1.02. The predicted molar refractivity (Wildman–Crippen MR) is 85.8 cm³/mol. The molecular formula is C14H24N4O2S. The van der Waals surface area contributed by atoms with Gasteiger partial charge in [-0.15, -0.1) is 0 Å². The number of nitrogens with one attached hydrogen (secondary N) is 1. The molecule has 1 N–H and O–H groups in total. The van der Waals surface area contributed by atoms with Crippen LogP contribution >= 0.6 is 11.3 Å². The van der Waals surface area contributed by atoms with Gasteiger partial charge in [0.05, 0.1) is 4.92 Å². The maximum Gasteiger partial charge on any atom is 0.324 e. The lowest BCUT2D eigenvalue weighted by Gasteiger charge is -2.43. The molecule has 0 spiro atoms. The molecule has 1 aliphatic rings. The normalized spacial score (nSPS) is 18.0. The standard InChI is InChI=1S/C14H24N4O2S/c1-14(2,17-8-6-16(3)7-9-17)11-15-10-12-4-5-13(21-12)18(19)20/h4-5,15H,6-11H2,1-3H3. The van der Waals surface area contributed by atoms with Crippen LogP contribution in [0.5, 0.6) is 0 Å². The minimum absolute atomic E-state index is 0.102. The van der Waals surface area contributed by atoms with Gasteiger partial charge in [-0.3, -0.25) is 15.0 Å². The van der Waals surface area contributed by atoms with Gasteiger partial charge in [0.1, 0.15) is 0 Å². The van der Waals surface area contributed by atoms with E-state index in [1.807, 2.05) is 6.07 Å². The van der Waals surface area contributed by atoms with Crippen LogP contribution in [0, 0.1) is 10.1 Å². The monoisotopic (exact) mass is 312 g/mol. The zero-order chi connectivity index (χ0) is 15.5. The second kappa shape index (κ2) is 6.83. The topological polar surface area (TPSA) is 61.6 Å². The van der Waals surface area contributed by atoms with E-state index in [9.17, 15) is 10.1 Å². The highest BCUT2D eigenvalue weighted by atomic mass is 32.1. The molecular weight excluding hydrogens is 288 g/mol. The van der Waals surface area contributed by atoms with E-state index in [4.69, 9.17) is 0 Å². The van der Waals surface area contributed by atoms with Crippen molar-refractivity contribution in [1.82, 2.24) is 15.1 Å². The fourth-order valence-electron chi connectivity index (χ4n) is 2.57. The molecule has 1 aromatic rings. The lowest BCUT2D eigenvalue weighted by Crippen LogP contribution is -2.57. The summed E-state index contributed by atoms with van der Waals surface area (Å²) in [6.07, 6.45) is 0. The second-order valence-electron chi connectivity index (χ2n) is 6.20. The van der Waals surface area contributed by atoms with E-state index in [1.54, 1.807) is 6.07 Å². The average Bonchev–Trinajstić information content (AvgIpc) is 2.88. The Kier molecular flexibility index (Phi) is 5.32. The fraction of sp³-hybridized carbons (Fsp3) is 0.714. The van der Waals surface area contributed by atoms with Gasteiger partial charge >= 0.3 is 5.00 Å². The van der Waals surface area contributed by atoms with Gasteiger partial charge < -0.3 is 10.2 Å². The van der Waals surface area contributed by atoms with Gasteiger partial charge in [-0.2, -0.15) is 0 Å². The molecule has 0 saturated carbocycles. The number of piperazine rings is 1. The number of thiophene rings is 1. The van der Waals surface area contributed by atoms with Gasteiger partial charge in [-0.25, -0.2) is 0 Å². The minimum Gasteiger partial charge on any atom is -0.310 e. The first-order valence-corrected chi connectivity index (χ1v) is 8.07. The minimum atomic E-state index is -0.331. The first-order valence-electron chi connectivity index (χ1n) is 7.26. The second-order valence-corrected chi connectivity index (χ2v) is 7.35. The smallest absolute Gasteiger partial charge is 0.310 e. The lowest BCUT2D eigenvalue weighted by molar-refractivity contribution is -0.380. The van der Waals surface area contributed by atoms with Crippen LogP contribution in [-0.4, -0.2) is 60.0 Å². The molecule has 0 bridgehead atoms. The van der Waals surface area contributed by atoms with Gasteiger partial charge in [-0.05, 0) is 27.0 Å². The maximum atomic E-state index is 10.7. The van der Waals surface area contributed by atoms with Crippen molar-refractivity contribution in [3.63, 3.8) is 0 Å². The number of hydrogen-bond donors (Lipinski definition) is 1. The van der Waals surface area contributed by atoms with E-state index in [0.29, 0.717) is 6.54 Å². The number of hydrogen-bond acceptors (Lipinski definition) is 6. The van der Waals surface area contributed by atoms with Crippen LogP contribution < -0.4 is 5.32 Å². The Bertz CT molecular complexity index is 481. The van der Waals surface area contributed by atoms with Gasteiger partial charge in [0, 0.05) is 55.8 Å². The summed E-state index contributed by atoms with van der Waals surface area (Å²) in [6.45, 7) is 10.5. The first kappa shape index (κ1) is 16.4. The molecule has 1 aromatic heterocycles. The Morgan fingerprint density at radius 1 is 1.33 bits per heavy atom. The zero-order valence-electron chi connectivity index (χ0n) is 13.0. The van der Waals surface area contributed by atoms with Crippen molar-refractivity contribution in [2.45, 2.75) is 25.9 Å². The van der Waals surface area contributed by atoms with E-state index in [0.717, 1.165) is 37.6 Å². The molecule has 6 nitrogen and oxygen atoms in total. The molecule has 0 aromatic carbocycles. The fourth-order valence-corrected chi connectivity index (χ4v) is 3.36. The van der Waals surface area contributed by atoms with Crippen LogP contribution in [0.15, 0.2) is 12.1 Å². The Balaban J connectivity index is 1.79. The van der Waals surface area contributed by atoms with Crippen LogP contribution in [0.1, 0.15) is 18.7 Å². The Labute approximate surface area is 129 Å². The molecule has 0 unspecified atom stereocenters. The first-order chi connectivity index (χ1) is 9.88. The third-order valence-electron chi connectivity index (χ3n) is 4.04. The molecule has 1 aliphatic heterocycles. The predicted octanol–water partition coefficient (Wildman–Crippen LogP) is 1.77. The SMILES string of the molecule is CN1CCN(C(C)(C)CNCc2ccc([N+](=O)[O-])s2)CC1. The van der Waals surface area contributed by atoms with E-state index in [1.165, 1.54) is 11.3 Å². The highest BCUT2D eigenvalue weighted by Gasteiger charge is 2.28. The molecule has 118 valence electrons. The van der Waals surface area contributed by atoms with Gasteiger partial charge in [0.15, 0.2) is 0 Å². The molecule has 1 saturated heterocycles. The third-order valence-corrected chi connectivity index (χ3v) is 5.08. The highest BCUT2D eigenvalue weighted by Crippen LogP contribution is 2.24. The van der Waals surface area contributed by atoms with E-state index in [-0.39, 0.29) is 15.5 Å². The summed E-state index contributed by atoms with van der Waals surface area (Å²) < 4.78 is 0. The number of rotatable bonds is 6. The maximum absolute atomic E-state index is 10.7. The summed E-state index contributed by atoms with van der Waals surface area (Å²) >= 11 is 1.25. The van der Waals surface area contributed by atoms with Crippen molar-refractivity contribution >= 4 is 16.3 Å². The quantitative estimate of drug-likeness (QED) is 0.641.